The van der Waals surface area contributed by atoms with Gasteiger partial charge in [-0.1, -0.05) is 6.07 Å². The lowest BCUT2D eigenvalue weighted by Crippen LogP contribution is -2.44. The molecule has 0 atom stereocenters. The second-order valence-electron chi connectivity index (χ2n) is 8.48. The molecular weight excluding hydrogens is 458 g/mol. The Bertz CT molecular complexity index is 1510. The number of halogens is 2. The minimum atomic E-state index is -2.70. The highest BCUT2D eigenvalue weighted by Gasteiger charge is 2.38. The molecule has 0 bridgehead atoms. The van der Waals surface area contributed by atoms with Gasteiger partial charge in [0.1, 0.15) is 11.1 Å². The van der Waals surface area contributed by atoms with Crippen LogP contribution >= 0.6 is 0 Å². The van der Waals surface area contributed by atoms with Crippen molar-refractivity contribution in [3.05, 3.63) is 52.8 Å². The van der Waals surface area contributed by atoms with Gasteiger partial charge in [0.05, 0.1) is 18.5 Å². The average Bonchev–Trinajstić information content (AvgIpc) is 3.45. The van der Waals surface area contributed by atoms with E-state index in [-0.39, 0.29) is 11.6 Å². The molecular formula is C23H22F2N8O2. The lowest BCUT2D eigenvalue weighted by atomic mass is 9.91. The lowest BCUT2D eigenvalue weighted by Gasteiger charge is -2.31. The number of imidazole rings is 1. The Morgan fingerprint density at radius 3 is 2.66 bits per heavy atom. The molecule has 1 aromatic carbocycles. The first-order valence-corrected chi connectivity index (χ1v) is 11.0. The zero-order valence-electron chi connectivity index (χ0n) is 19.1. The molecule has 1 aliphatic rings. The third-order valence-corrected chi connectivity index (χ3v) is 6.37. The molecule has 12 heteroatoms. The maximum atomic E-state index is 13.1. The summed E-state index contributed by atoms with van der Waals surface area (Å²) in [6.45, 7) is -0.0649. The Kier molecular flexibility index (Phi) is 5.56. The van der Waals surface area contributed by atoms with Gasteiger partial charge in [0.2, 0.25) is 5.95 Å². The second kappa shape index (κ2) is 8.59. The van der Waals surface area contributed by atoms with Crippen LogP contribution in [0.15, 0.2) is 41.6 Å². The molecule has 1 fully saturated rings. The average molecular weight is 480 g/mol. The normalized spacial score (nSPS) is 15.4. The molecule has 4 aromatic rings. The van der Waals surface area contributed by atoms with Gasteiger partial charge < -0.3 is 10.1 Å². The summed E-state index contributed by atoms with van der Waals surface area (Å²) >= 11 is 0. The number of hydrogen-bond acceptors (Lipinski definition) is 7. The highest BCUT2D eigenvalue weighted by molar-refractivity contribution is 5.74. The van der Waals surface area contributed by atoms with Crippen molar-refractivity contribution in [1.82, 2.24) is 28.9 Å². The number of nitriles is 1. The van der Waals surface area contributed by atoms with E-state index in [1.807, 2.05) is 13.0 Å². The molecule has 1 saturated heterocycles. The Balaban J connectivity index is 1.50. The van der Waals surface area contributed by atoms with Gasteiger partial charge >= 0.3 is 12.2 Å². The molecule has 10 nitrogen and oxygen atoms in total. The van der Waals surface area contributed by atoms with Crippen molar-refractivity contribution in [2.75, 3.05) is 18.5 Å². The van der Waals surface area contributed by atoms with E-state index >= 15 is 0 Å². The van der Waals surface area contributed by atoms with Crippen LogP contribution in [-0.4, -0.2) is 42.1 Å². The Labute approximate surface area is 198 Å². The van der Waals surface area contributed by atoms with Crippen molar-refractivity contribution in [3.63, 3.8) is 0 Å². The van der Waals surface area contributed by atoms with Gasteiger partial charge in [-0.3, -0.25) is 9.13 Å². The molecule has 1 aliphatic heterocycles. The third kappa shape index (κ3) is 3.83. The number of aryl methyl sites for hydroxylation is 2. The molecule has 3 aromatic heterocycles. The van der Waals surface area contributed by atoms with Gasteiger partial charge in [-0.05, 0) is 30.2 Å². The van der Waals surface area contributed by atoms with Gasteiger partial charge in [-0.25, -0.2) is 14.5 Å². The van der Waals surface area contributed by atoms with Crippen LogP contribution in [0.25, 0.3) is 22.3 Å². The lowest BCUT2D eigenvalue weighted by molar-refractivity contribution is 0.0448. The quantitative estimate of drug-likeness (QED) is 0.465. The SMILES string of the molecule is Cc1cc(-c2cnn(C(F)F)c2)ccc1Nc1ncc2c(n1)n(C1(C#N)CCOCC1)c(=O)n2C. The van der Waals surface area contributed by atoms with Crippen LogP contribution < -0.4 is 11.0 Å². The zero-order chi connectivity index (χ0) is 24.7. The predicted octanol–water partition coefficient (Wildman–Crippen LogP) is 3.47. The number of benzene rings is 1. The van der Waals surface area contributed by atoms with Crippen LogP contribution in [0.1, 0.15) is 25.0 Å². The molecule has 180 valence electrons. The molecule has 1 N–H and O–H groups in total. The monoisotopic (exact) mass is 480 g/mol. The van der Waals surface area contributed by atoms with Gasteiger partial charge in [0.25, 0.3) is 0 Å². The predicted molar refractivity (Wildman–Crippen MR) is 123 cm³/mol. The van der Waals surface area contributed by atoms with Crippen molar-refractivity contribution in [1.29, 1.82) is 5.26 Å². The first-order valence-electron chi connectivity index (χ1n) is 11.0. The smallest absolute Gasteiger partial charge is 0.333 e. The van der Waals surface area contributed by atoms with E-state index in [1.54, 1.807) is 25.4 Å². The van der Waals surface area contributed by atoms with E-state index in [0.29, 0.717) is 53.2 Å². The maximum absolute atomic E-state index is 13.1. The number of nitrogens with one attached hydrogen (secondary N) is 1. The summed E-state index contributed by atoms with van der Waals surface area (Å²) in [5, 5.41) is 16.8. The van der Waals surface area contributed by atoms with Gasteiger partial charge in [-0.2, -0.15) is 24.1 Å². The highest BCUT2D eigenvalue weighted by atomic mass is 19.3. The summed E-state index contributed by atoms with van der Waals surface area (Å²) in [5.41, 5.74) is 2.37. The van der Waals surface area contributed by atoms with Gasteiger partial charge in [0, 0.05) is 50.6 Å². The number of aromatic nitrogens is 6. The van der Waals surface area contributed by atoms with Crippen LogP contribution in [0.2, 0.25) is 0 Å². The standard InChI is InChI=1S/C23H22F2N8O2/c1-14-9-15(16-10-28-32(12-16)20(24)25)3-4-17(14)29-21-27-11-18-19(30-21)33(22(34)31(18)2)23(13-26)5-7-35-8-6-23/h3-4,9-12,20H,5-8H2,1-2H3,(H,27,29,30). The van der Waals surface area contributed by atoms with Crippen molar-refractivity contribution < 1.29 is 13.5 Å². The summed E-state index contributed by atoms with van der Waals surface area (Å²) in [6.07, 6.45) is 5.01. The molecule has 0 aliphatic carbocycles. The molecule has 0 amide bonds. The van der Waals surface area contributed by atoms with Crippen LogP contribution in [-0.2, 0) is 17.3 Å². The van der Waals surface area contributed by atoms with Crippen molar-refractivity contribution >= 4 is 22.8 Å². The van der Waals surface area contributed by atoms with E-state index in [0.717, 1.165) is 11.1 Å². The van der Waals surface area contributed by atoms with E-state index in [4.69, 9.17) is 4.74 Å². The molecule has 0 saturated carbocycles. The minimum Gasteiger partial charge on any atom is -0.381 e. The summed E-state index contributed by atoms with van der Waals surface area (Å²) in [7, 11) is 1.63. The number of fused-ring (bicyclic) bond motifs is 1. The first kappa shape index (κ1) is 22.7. The topological polar surface area (TPSA) is 116 Å². The number of nitrogens with zero attached hydrogens (tertiary/aromatic N) is 7. The van der Waals surface area contributed by atoms with Crippen molar-refractivity contribution in [3.8, 4) is 17.2 Å². The molecule has 35 heavy (non-hydrogen) atoms. The van der Waals surface area contributed by atoms with E-state index in [1.165, 1.54) is 21.5 Å². The number of rotatable bonds is 5. The van der Waals surface area contributed by atoms with E-state index in [9.17, 15) is 18.8 Å². The van der Waals surface area contributed by atoms with Crippen LogP contribution in [0.3, 0.4) is 0 Å². The largest absolute Gasteiger partial charge is 0.381 e. The van der Waals surface area contributed by atoms with Gasteiger partial charge in [-0.15, -0.1) is 0 Å². The zero-order valence-corrected chi connectivity index (χ0v) is 19.1. The van der Waals surface area contributed by atoms with Crippen LogP contribution in [0, 0.1) is 18.3 Å². The number of anilines is 2. The second-order valence-corrected chi connectivity index (χ2v) is 8.48. The molecule has 0 spiro atoms. The summed E-state index contributed by atoms with van der Waals surface area (Å²) in [4.78, 5) is 22.0. The number of hydrogen-bond donors (Lipinski definition) is 1. The van der Waals surface area contributed by atoms with Crippen molar-refractivity contribution in [2.45, 2.75) is 31.9 Å². The van der Waals surface area contributed by atoms with E-state index in [2.05, 4.69) is 26.5 Å². The van der Waals surface area contributed by atoms with E-state index < -0.39 is 12.1 Å². The Hall–Kier alpha value is -4.11. The van der Waals surface area contributed by atoms with Crippen LogP contribution in [0.4, 0.5) is 20.4 Å². The van der Waals surface area contributed by atoms with Crippen molar-refractivity contribution in [2.24, 2.45) is 7.05 Å². The van der Waals surface area contributed by atoms with Crippen LogP contribution in [0.5, 0.6) is 0 Å². The summed E-state index contributed by atoms with van der Waals surface area (Å²) in [6, 6.07) is 7.75. The molecule has 0 radical (unpaired) electrons. The summed E-state index contributed by atoms with van der Waals surface area (Å²) < 4.78 is 34.6. The molecule has 0 unspecified atom stereocenters. The minimum absolute atomic E-state index is 0.262. The Morgan fingerprint density at radius 2 is 2.00 bits per heavy atom. The van der Waals surface area contributed by atoms with Gasteiger partial charge in [0.15, 0.2) is 5.65 Å². The fourth-order valence-corrected chi connectivity index (χ4v) is 4.35. The number of alkyl halides is 2. The molecule has 5 rings (SSSR count). The maximum Gasteiger partial charge on any atom is 0.333 e. The third-order valence-electron chi connectivity index (χ3n) is 6.37. The fourth-order valence-electron chi connectivity index (χ4n) is 4.35. The first-order chi connectivity index (χ1) is 16.8. The summed E-state index contributed by atoms with van der Waals surface area (Å²) in [5.74, 6) is 0.262. The highest BCUT2D eigenvalue weighted by Crippen LogP contribution is 2.31. The Morgan fingerprint density at radius 1 is 1.23 bits per heavy atom. The number of ether oxygens (including phenoxy) is 1. The fraction of sp³-hybridized carbons (Fsp3) is 0.348. The molecule has 4 heterocycles.